The molecule has 5 rings (SSSR count). The molecule has 2 atom stereocenters. The normalized spacial score (nSPS) is 17.9. The van der Waals surface area contributed by atoms with E-state index in [-0.39, 0.29) is 31.8 Å². The summed E-state index contributed by atoms with van der Waals surface area (Å²) in [6.07, 6.45) is 1.87. The number of nitrogens with zero attached hydrogens (tertiary/aromatic N) is 2. The summed E-state index contributed by atoms with van der Waals surface area (Å²) in [5.41, 5.74) is 9.29. The molecule has 1 aliphatic rings. The van der Waals surface area contributed by atoms with E-state index in [0.717, 1.165) is 22.1 Å². The lowest BCUT2D eigenvalue weighted by Gasteiger charge is -2.25. The highest BCUT2D eigenvalue weighted by Gasteiger charge is 2.38. The van der Waals surface area contributed by atoms with Gasteiger partial charge in [0.2, 0.25) is 0 Å². The fraction of sp³-hybridized carbons (Fsp3) is 0.323. The van der Waals surface area contributed by atoms with Gasteiger partial charge in [-0.1, -0.05) is 35.9 Å². The van der Waals surface area contributed by atoms with Crippen molar-refractivity contribution in [3.05, 3.63) is 83.2 Å². The second-order valence-corrected chi connectivity index (χ2v) is 10.6. The lowest BCUT2D eigenvalue weighted by molar-refractivity contribution is 0.0396. The Kier molecular flexibility index (Phi) is 7.11. The fourth-order valence-corrected chi connectivity index (χ4v) is 4.80. The summed E-state index contributed by atoms with van der Waals surface area (Å²) in [7, 11) is 0. The number of pyridine rings is 2. The molecule has 1 aliphatic heterocycles. The summed E-state index contributed by atoms with van der Waals surface area (Å²) < 4.78 is 11.6. The van der Waals surface area contributed by atoms with Crippen LogP contribution in [0.15, 0.2) is 60.8 Å². The minimum Gasteiger partial charge on any atom is -0.489 e. The number of hydrogen-bond acceptors (Lipinski definition) is 8. The largest absolute Gasteiger partial charge is 0.489 e. The van der Waals surface area contributed by atoms with Gasteiger partial charge in [-0.15, -0.1) is 0 Å². The van der Waals surface area contributed by atoms with E-state index >= 15 is 0 Å². The zero-order chi connectivity index (χ0) is 27.8. The summed E-state index contributed by atoms with van der Waals surface area (Å²) in [6.45, 7) is 5.82. The van der Waals surface area contributed by atoms with Crippen molar-refractivity contribution >= 4 is 16.7 Å². The molecule has 39 heavy (non-hydrogen) atoms. The van der Waals surface area contributed by atoms with E-state index in [1.807, 2.05) is 44.2 Å². The first-order valence-corrected chi connectivity index (χ1v) is 13.0. The molecule has 0 radical (unpaired) electrons. The van der Waals surface area contributed by atoms with Gasteiger partial charge in [0.1, 0.15) is 35.8 Å². The Balaban J connectivity index is 1.44. The van der Waals surface area contributed by atoms with Crippen molar-refractivity contribution in [3.8, 4) is 22.8 Å². The van der Waals surface area contributed by atoms with Crippen LogP contribution in [0.1, 0.15) is 53.9 Å². The lowest BCUT2D eigenvalue weighted by atomic mass is 9.88. The zero-order valence-corrected chi connectivity index (χ0v) is 22.4. The Bertz CT molecular complexity index is 1530. The van der Waals surface area contributed by atoms with Gasteiger partial charge in [0.15, 0.2) is 11.5 Å². The first-order valence-electron chi connectivity index (χ1n) is 13.0. The highest BCUT2D eigenvalue weighted by Crippen LogP contribution is 2.44. The number of rotatable bonds is 9. The molecule has 0 amide bonds. The number of aromatic nitrogens is 2. The summed E-state index contributed by atoms with van der Waals surface area (Å²) in [5.74, 6) is 0.906. The molecule has 8 nitrogen and oxygen atoms in total. The van der Waals surface area contributed by atoms with Crippen LogP contribution >= 0.6 is 0 Å². The third-order valence-electron chi connectivity index (χ3n) is 7.16. The number of carbonyl (C=O) groups is 1. The van der Waals surface area contributed by atoms with Crippen LogP contribution in [-0.4, -0.2) is 45.8 Å². The summed E-state index contributed by atoms with van der Waals surface area (Å²) in [6, 6.07) is 16.8. The van der Waals surface area contributed by atoms with E-state index in [0.29, 0.717) is 40.6 Å². The van der Waals surface area contributed by atoms with Crippen LogP contribution < -0.4 is 15.2 Å². The Hall–Kier alpha value is -3.85. The summed E-state index contributed by atoms with van der Waals surface area (Å²) in [5, 5.41) is 21.5. The highest BCUT2D eigenvalue weighted by atomic mass is 16.5. The quantitative estimate of drug-likeness (QED) is 0.273. The van der Waals surface area contributed by atoms with Gasteiger partial charge in [0.25, 0.3) is 0 Å². The predicted molar refractivity (Wildman–Crippen MR) is 149 cm³/mol. The monoisotopic (exact) mass is 527 g/mol. The molecule has 4 N–H and O–H groups in total. The number of ether oxygens (including phenoxy) is 2. The van der Waals surface area contributed by atoms with Crippen LogP contribution in [0.4, 0.5) is 0 Å². The van der Waals surface area contributed by atoms with Gasteiger partial charge in [0.05, 0.1) is 17.8 Å². The average Bonchev–Trinajstić information content (AvgIpc) is 3.24. The van der Waals surface area contributed by atoms with Crippen molar-refractivity contribution in [2.45, 2.75) is 44.8 Å². The molecule has 202 valence electrons. The van der Waals surface area contributed by atoms with Gasteiger partial charge in [-0.25, -0.2) is 4.98 Å². The molecule has 0 fully saturated rings. The van der Waals surface area contributed by atoms with Crippen LogP contribution in [-0.2, 0) is 11.1 Å². The number of Topliss-reactive ketones (excluding diaryl/α,β-unsaturated/α-hetero) is 1. The molecule has 0 saturated carbocycles. The maximum atomic E-state index is 13.3. The van der Waals surface area contributed by atoms with Crippen LogP contribution in [0, 0.1) is 6.92 Å². The second kappa shape index (κ2) is 10.4. The lowest BCUT2D eigenvalue weighted by Crippen LogP contribution is -2.35. The standard InChI is InChI=1S/C31H33N3O5/c1-19-6-8-20(9-7-19)28-29-23(30(2,32)18-39-29)17-26(34-28)31(3,37)11-10-24(36)22-15-21-5-4-12-33-27(21)25(16-22)38-14-13-35/h4-9,12,15-17,35,37H,10-11,13-14,18,32H2,1-3H3. The number of aliphatic hydroxyl groups excluding tert-OH is 1. The average molecular weight is 528 g/mol. The van der Waals surface area contributed by atoms with E-state index in [4.69, 9.17) is 20.2 Å². The Morgan fingerprint density at radius 2 is 1.97 bits per heavy atom. The number of hydrogen-bond donors (Lipinski definition) is 3. The van der Waals surface area contributed by atoms with E-state index in [1.165, 1.54) is 0 Å². The molecule has 2 aromatic carbocycles. The summed E-state index contributed by atoms with van der Waals surface area (Å²) >= 11 is 0. The molecule has 0 spiro atoms. The molecule has 4 aromatic rings. The predicted octanol–water partition coefficient (Wildman–Crippen LogP) is 4.41. The van der Waals surface area contributed by atoms with Crippen molar-refractivity contribution in [3.63, 3.8) is 0 Å². The topological polar surface area (TPSA) is 128 Å². The van der Waals surface area contributed by atoms with Crippen LogP contribution in [0.3, 0.4) is 0 Å². The third-order valence-corrected chi connectivity index (χ3v) is 7.16. The van der Waals surface area contributed by atoms with Gasteiger partial charge < -0.3 is 25.4 Å². The van der Waals surface area contributed by atoms with E-state index < -0.39 is 11.1 Å². The van der Waals surface area contributed by atoms with Crippen molar-refractivity contribution in [1.82, 2.24) is 9.97 Å². The number of benzene rings is 2. The number of carbonyl (C=O) groups excluding carboxylic acids is 1. The van der Waals surface area contributed by atoms with Crippen LogP contribution in [0.2, 0.25) is 0 Å². The molecule has 8 heteroatoms. The summed E-state index contributed by atoms with van der Waals surface area (Å²) in [4.78, 5) is 22.5. The van der Waals surface area contributed by atoms with Gasteiger partial charge >= 0.3 is 0 Å². The number of fused-ring (bicyclic) bond motifs is 2. The van der Waals surface area contributed by atoms with Gasteiger partial charge in [-0.3, -0.25) is 9.78 Å². The van der Waals surface area contributed by atoms with E-state index in [1.54, 1.807) is 37.4 Å². The Morgan fingerprint density at radius 1 is 1.21 bits per heavy atom. The Morgan fingerprint density at radius 3 is 2.72 bits per heavy atom. The number of ketones is 1. The maximum Gasteiger partial charge on any atom is 0.163 e. The Labute approximate surface area is 227 Å². The van der Waals surface area contributed by atoms with Gasteiger partial charge in [-0.05, 0) is 51.5 Å². The molecule has 2 unspecified atom stereocenters. The number of nitrogens with two attached hydrogens (primary N) is 1. The fourth-order valence-electron chi connectivity index (χ4n) is 4.80. The number of aryl methyl sites for hydroxylation is 1. The minimum atomic E-state index is -1.41. The third kappa shape index (κ3) is 5.36. The van der Waals surface area contributed by atoms with Crippen molar-refractivity contribution in [1.29, 1.82) is 0 Å². The molecule has 0 bridgehead atoms. The van der Waals surface area contributed by atoms with Gasteiger partial charge in [-0.2, -0.15) is 0 Å². The van der Waals surface area contributed by atoms with Crippen LogP contribution in [0.5, 0.6) is 11.5 Å². The molecule has 2 aromatic heterocycles. The van der Waals surface area contributed by atoms with Crippen LogP contribution in [0.25, 0.3) is 22.2 Å². The SMILES string of the molecule is Cc1ccc(-c2nc(C(C)(O)CCC(=O)c3cc(OCCO)c4ncccc4c3)cc3c2OCC3(C)N)cc1. The van der Waals surface area contributed by atoms with E-state index in [2.05, 4.69) is 4.98 Å². The minimum absolute atomic E-state index is 0.0766. The van der Waals surface area contributed by atoms with Crippen molar-refractivity contribution in [2.75, 3.05) is 19.8 Å². The molecular weight excluding hydrogens is 494 g/mol. The van der Waals surface area contributed by atoms with Crippen molar-refractivity contribution in [2.24, 2.45) is 5.73 Å². The highest BCUT2D eigenvalue weighted by molar-refractivity contribution is 6.01. The molecule has 0 aliphatic carbocycles. The number of aliphatic hydroxyl groups is 2. The first-order chi connectivity index (χ1) is 18.6. The maximum absolute atomic E-state index is 13.3. The molecule has 0 saturated heterocycles. The van der Waals surface area contributed by atoms with Gasteiger partial charge in [0, 0.05) is 34.7 Å². The molecular formula is C31H33N3O5. The smallest absolute Gasteiger partial charge is 0.163 e. The second-order valence-electron chi connectivity index (χ2n) is 10.6. The zero-order valence-electron chi connectivity index (χ0n) is 22.4. The van der Waals surface area contributed by atoms with Crippen molar-refractivity contribution < 1.29 is 24.5 Å². The van der Waals surface area contributed by atoms with E-state index in [9.17, 15) is 15.0 Å². The molecule has 3 heterocycles. The first kappa shape index (κ1) is 26.7.